The van der Waals surface area contributed by atoms with Gasteiger partial charge in [0.25, 0.3) is 17.2 Å². The van der Waals surface area contributed by atoms with Crippen LogP contribution in [0.1, 0.15) is 10.4 Å². The Hall–Kier alpha value is -4.26. The highest BCUT2D eigenvalue weighted by molar-refractivity contribution is 6.04. The van der Waals surface area contributed by atoms with Gasteiger partial charge >= 0.3 is 0 Å². The van der Waals surface area contributed by atoms with Gasteiger partial charge in [0.05, 0.1) is 4.92 Å². The van der Waals surface area contributed by atoms with Gasteiger partial charge < -0.3 is 10.3 Å². The van der Waals surface area contributed by atoms with Crippen molar-refractivity contribution in [2.24, 2.45) is 0 Å². The fourth-order valence-electron chi connectivity index (χ4n) is 3.04. The number of nitro benzene ring substituents is 1. The second kappa shape index (κ2) is 7.40. The molecule has 0 radical (unpaired) electrons. The summed E-state index contributed by atoms with van der Waals surface area (Å²) in [6.07, 6.45) is 0. The van der Waals surface area contributed by atoms with Gasteiger partial charge in [0.2, 0.25) is 0 Å². The number of fused-ring (bicyclic) bond motifs is 1. The summed E-state index contributed by atoms with van der Waals surface area (Å²) in [5.41, 5.74) is 1.15. The predicted octanol–water partition coefficient (Wildman–Crippen LogP) is 4.36. The monoisotopic (exact) mass is 385 g/mol. The van der Waals surface area contributed by atoms with Crippen molar-refractivity contribution in [1.29, 1.82) is 0 Å². The van der Waals surface area contributed by atoms with Crippen molar-refractivity contribution in [2.45, 2.75) is 0 Å². The molecule has 2 N–H and O–H groups in total. The minimum atomic E-state index is -0.592. The highest BCUT2D eigenvalue weighted by Crippen LogP contribution is 2.22. The lowest BCUT2D eigenvalue weighted by Gasteiger charge is -2.07. The van der Waals surface area contributed by atoms with Gasteiger partial charge in [-0.1, -0.05) is 36.4 Å². The summed E-state index contributed by atoms with van der Waals surface area (Å²) >= 11 is 0. The van der Waals surface area contributed by atoms with E-state index in [2.05, 4.69) is 10.3 Å². The first-order valence-corrected chi connectivity index (χ1v) is 8.79. The molecule has 0 unspecified atom stereocenters. The Morgan fingerprint density at radius 1 is 0.897 bits per heavy atom. The third-order valence-corrected chi connectivity index (χ3v) is 4.55. The number of nitrogens with zero attached hydrogens (tertiary/aromatic N) is 1. The van der Waals surface area contributed by atoms with Crippen molar-refractivity contribution >= 4 is 28.1 Å². The summed E-state index contributed by atoms with van der Waals surface area (Å²) in [6, 6.07) is 22.3. The van der Waals surface area contributed by atoms with Crippen molar-refractivity contribution in [3.8, 4) is 11.3 Å². The Balaban J connectivity index is 1.58. The zero-order valence-electron chi connectivity index (χ0n) is 15.1. The molecule has 0 spiro atoms. The number of carbonyl (C=O) groups is 1. The molecule has 4 rings (SSSR count). The first-order chi connectivity index (χ1) is 14.0. The second-order valence-electron chi connectivity index (χ2n) is 6.43. The molecule has 1 heterocycles. The van der Waals surface area contributed by atoms with E-state index < -0.39 is 16.4 Å². The number of carbonyl (C=O) groups excluding carboxylic acids is 1. The van der Waals surface area contributed by atoms with E-state index in [1.54, 1.807) is 6.07 Å². The number of aromatic nitrogens is 1. The average molecular weight is 385 g/mol. The minimum absolute atomic E-state index is 0.0482. The van der Waals surface area contributed by atoms with E-state index in [4.69, 9.17) is 0 Å². The Labute approximate surface area is 164 Å². The number of H-pyrrole nitrogens is 1. The molecule has 0 atom stereocenters. The van der Waals surface area contributed by atoms with E-state index in [1.807, 2.05) is 42.5 Å². The molecule has 4 aromatic rings. The van der Waals surface area contributed by atoms with E-state index in [9.17, 15) is 19.7 Å². The molecule has 7 heteroatoms. The summed E-state index contributed by atoms with van der Waals surface area (Å²) in [5.74, 6) is -0.592. The number of nitrogens with one attached hydrogen (secondary N) is 2. The van der Waals surface area contributed by atoms with Crippen molar-refractivity contribution in [3.63, 3.8) is 0 Å². The number of aromatic amines is 1. The summed E-state index contributed by atoms with van der Waals surface area (Å²) in [5, 5.41) is 15.4. The number of non-ortho nitro benzene ring substituents is 1. The fourth-order valence-corrected chi connectivity index (χ4v) is 3.04. The van der Waals surface area contributed by atoms with Crippen LogP contribution in [0.25, 0.3) is 22.0 Å². The van der Waals surface area contributed by atoms with Crippen LogP contribution in [0.2, 0.25) is 0 Å². The molecule has 142 valence electrons. The van der Waals surface area contributed by atoms with Gasteiger partial charge in [0.1, 0.15) is 5.56 Å². The summed E-state index contributed by atoms with van der Waals surface area (Å²) in [7, 11) is 0. The lowest BCUT2D eigenvalue weighted by atomic mass is 10.0. The highest BCUT2D eigenvalue weighted by atomic mass is 16.6. The molecular weight excluding hydrogens is 370 g/mol. The molecule has 1 aromatic heterocycles. The molecule has 1 amide bonds. The maximum atomic E-state index is 12.4. The van der Waals surface area contributed by atoms with E-state index in [0.29, 0.717) is 11.4 Å². The van der Waals surface area contributed by atoms with Crippen molar-refractivity contribution in [1.82, 2.24) is 4.98 Å². The molecule has 0 fully saturated rings. The molecule has 29 heavy (non-hydrogen) atoms. The SMILES string of the molecule is O=C(Nc1ccc([N+](=O)[O-])cc1)c1ccc(-c2ccc3ccccc3c2)[nH]c1=O. The standard InChI is InChI=1S/C22H15N3O4/c26-21(23-17-7-9-18(10-8-17)25(28)29)19-11-12-20(24-22(19)27)16-6-5-14-3-1-2-4-15(14)13-16/h1-13H,(H,23,26)(H,24,27). The normalized spacial score (nSPS) is 10.6. The Bertz CT molecular complexity index is 1290. The quantitative estimate of drug-likeness (QED) is 0.402. The number of anilines is 1. The number of nitro groups is 1. The molecule has 0 saturated heterocycles. The van der Waals surface area contributed by atoms with Crippen LogP contribution in [0.4, 0.5) is 11.4 Å². The van der Waals surface area contributed by atoms with Crippen LogP contribution >= 0.6 is 0 Å². The molecule has 0 saturated carbocycles. The first-order valence-electron chi connectivity index (χ1n) is 8.79. The topological polar surface area (TPSA) is 105 Å². The first kappa shape index (κ1) is 18.1. The van der Waals surface area contributed by atoms with Gasteiger partial charge in [-0.15, -0.1) is 0 Å². The Morgan fingerprint density at radius 2 is 1.62 bits per heavy atom. The van der Waals surface area contributed by atoms with Crippen LogP contribution in [0.5, 0.6) is 0 Å². The molecule has 7 nitrogen and oxygen atoms in total. The zero-order chi connectivity index (χ0) is 20.4. The van der Waals surface area contributed by atoms with E-state index >= 15 is 0 Å². The van der Waals surface area contributed by atoms with Gasteiger partial charge in [-0.3, -0.25) is 19.7 Å². The van der Waals surface area contributed by atoms with Gasteiger partial charge in [-0.25, -0.2) is 0 Å². The number of hydrogen-bond acceptors (Lipinski definition) is 4. The largest absolute Gasteiger partial charge is 0.322 e. The molecule has 3 aromatic carbocycles. The zero-order valence-corrected chi connectivity index (χ0v) is 15.1. The third kappa shape index (κ3) is 3.74. The molecule has 0 aliphatic rings. The second-order valence-corrected chi connectivity index (χ2v) is 6.43. The van der Waals surface area contributed by atoms with Gasteiger partial charge in [0, 0.05) is 23.5 Å². The van der Waals surface area contributed by atoms with Crippen LogP contribution in [0, 0.1) is 10.1 Å². The van der Waals surface area contributed by atoms with Crippen molar-refractivity contribution in [2.75, 3.05) is 5.32 Å². The van der Waals surface area contributed by atoms with Gasteiger partial charge in [-0.2, -0.15) is 0 Å². The summed E-state index contributed by atoms with van der Waals surface area (Å²) in [6.45, 7) is 0. The van der Waals surface area contributed by atoms with Crippen LogP contribution in [0.3, 0.4) is 0 Å². The highest BCUT2D eigenvalue weighted by Gasteiger charge is 2.13. The number of pyridine rings is 1. The van der Waals surface area contributed by atoms with Crippen molar-refractivity contribution in [3.05, 3.63) is 105 Å². The molecule has 0 bridgehead atoms. The van der Waals surface area contributed by atoms with Gasteiger partial charge in [0.15, 0.2) is 0 Å². The number of rotatable bonds is 4. The molecular formula is C22H15N3O4. The van der Waals surface area contributed by atoms with Crippen molar-refractivity contribution < 1.29 is 9.72 Å². The van der Waals surface area contributed by atoms with E-state index in [1.165, 1.54) is 30.3 Å². The van der Waals surface area contributed by atoms with Crippen LogP contribution in [-0.4, -0.2) is 15.8 Å². The maximum Gasteiger partial charge on any atom is 0.269 e. The lowest BCUT2D eigenvalue weighted by Crippen LogP contribution is -2.23. The van der Waals surface area contributed by atoms with E-state index in [0.717, 1.165) is 16.3 Å². The van der Waals surface area contributed by atoms with E-state index in [-0.39, 0.29) is 11.3 Å². The predicted molar refractivity (Wildman–Crippen MR) is 111 cm³/mol. The summed E-state index contributed by atoms with van der Waals surface area (Å²) < 4.78 is 0. The number of benzene rings is 3. The smallest absolute Gasteiger partial charge is 0.269 e. The number of hydrogen-bond donors (Lipinski definition) is 2. The average Bonchev–Trinajstić information content (AvgIpc) is 2.73. The van der Waals surface area contributed by atoms with Crippen LogP contribution in [-0.2, 0) is 0 Å². The third-order valence-electron chi connectivity index (χ3n) is 4.55. The van der Waals surface area contributed by atoms with Gasteiger partial charge in [-0.05, 0) is 46.7 Å². The van der Waals surface area contributed by atoms with Crippen LogP contribution in [0.15, 0.2) is 83.7 Å². The minimum Gasteiger partial charge on any atom is -0.322 e. The fraction of sp³-hybridized carbons (Fsp3) is 0. The molecule has 0 aliphatic carbocycles. The maximum absolute atomic E-state index is 12.4. The lowest BCUT2D eigenvalue weighted by molar-refractivity contribution is -0.384. The Morgan fingerprint density at radius 3 is 2.31 bits per heavy atom. The number of amides is 1. The van der Waals surface area contributed by atoms with Crippen LogP contribution < -0.4 is 10.9 Å². The summed E-state index contributed by atoms with van der Waals surface area (Å²) in [4.78, 5) is 37.8. The Kier molecular flexibility index (Phi) is 4.62. The molecule has 0 aliphatic heterocycles.